The Morgan fingerprint density at radius 2 is 1.85 bits per heavy atom. The maximum absolute atomic E-state index is 6.29. The van der Waals surface area contributed by atoms with Gasteiger partial charge in [0.1, 0.15) is 4.51 Å². The molecule has 1 spiro atoms. The Hall–Kier alpha value is 0.320. The summed E-state index contributed by atoms with van der Waals surface area (Å²) >= 11 is 3.76. The Morgan fingerprint density at radius 1 is 1.05 bits per heavy atom. The average Bonchev–Trinajstić information content (AvgIpc) is 2.61. The minimum absolute atomic E-state index is 0.334. The Morgan fingerprint density at radius 3 is 2.65 bits per heavy atom. The molecule has 7 atom stereocenters. The molecule has 2 unspecified atom stereocenters. The average molecular weight is 347 g/mol. The summed E-state index contributed by atoms with van der Waals surface area (Å²) in [7, 11) is 0. The van der Waals surface area contributed by atoms with E-state index in [2.05, 4.69) is 29.8 Å². The van der Waals surface area contributed by atoms with Crippen molar-refractivity contribution in [3.8, 4) is 0 Å². The van der Waals surface area contributed by atoms with Crippen molar-refractivity contribution in [1.29, 1.82) is 0 Å². The monoisotopic (exact) mass is 346 g/mol. The molecule has 0 radical (unpaired) electrons. The van der Waals surface area contributed by atoms with Crippen molar-refractivity contribution in [2.24, 2.45) is 17.8 Å². The van der Waals surface area contributed by atoms with Crippen molar-refractivity contribution < 1.29 is 19.2 Å². The number of ether oxygens (including phenoxy) is 2. The van der Waals surface area contributed by atoms with Gasteiger partial charge in [0.25, 0.3) is 0 Å². The van der Waals surface area contributed by atoms with E-state index in [0.29, 0.717) is 17.8 Å². The second kappa shape index (κ2) is 4.19. The Bertz CT molecular complexity index is 428. The highest BCUT2D eigenvalue weighted by Crippen LogP contribution is 2.61. The highest BCUT2D eigenvalue weighted by molar-refractivity contribution is 9.10. The Balaban J connectivity index is 1.82. The first-order valence-corrected chi connectivity index (χ1v) is 8.58. The summed E-state index contributed by atoms with van der Waals surface area (Å²) in [6, 6.07) is 0. The molecular formula is C15H23BrO4. The SMILES string of the molecule is C[C@@H]1[C@@H]2CCCC3CC[C@@]4(C)OOC32[C@@H](O4)O[C@]1(C)Br. The Labute approximate surface area is 128 Å². The minimum Gasteiger partial charge on any atom is -0.332 e. The van der Waals surface area contributed by atoms with Gasteiger partial charge >= 0.3 is 0 Å². The van der Waals surface area contributed by atoms with E-state index in [1.54, 1.807) is 0 Å². The van der Waals surface area contributed by atoms with Crippen LogP contribution >= 0.6 is 15.9 Å². The lowest BCUT2D eigenvalue weighted by Gasteiger charge is -2.60. The summed E-state index contributed by atoms with van der Waals surface area (Å²) in [5, 5.41) is 0. The predicted octanol–water partition coefficient (Wildman–Crippen LogP) is 3.73. The van der Waals surface area contributed by atoms with Crippen LogP contribution in [0, 0.1) is 17.8 Å². The minimum atomic E-state index is -0.665. The van der Waals surface area contributed by atoms with Crippen molar-refractivity contribution >= 4 is 15.9 Å². The van der Waals surface area contributed by atoms with Gasteiger partial charge in [0.2, 0.25) is 5.79 Å². The molecule has 2 bridgehead atoms. The van der Waals surface area contributed by atoms with Crippen LogP contribution in [0.1, 0.15) is 52.9 Å². The van der Waals surface area contributed by atoms with Crippen LogP contribution in [0.3, 0.4) is 0 Å². The number of hydrogen-bond acceptors (Lipinski definition) is 4. The zero-order valence-electron chi connectivity index (χ0n) is 12.4. The molecule has 5 rings (SSSR count). The first-order valence-electron chi connectivity index (χ1n) is 7.79. The summed E-state index contributed by atoms with van der Waals surface area (Å²) in [6.07, 6.45) is 5.24. The molecule has 4 heterocycles. The standard InChI is InChI=1S/C15H23BrO4/c1-9-11-6-4-5-10-7-8-13(2)17-12(18-14(9,3)16)15(10,11)20-19-13/h9-12H,4-8H2,1-3H3/t9-,10?,11+,12+,13-,14+,15?/m1/s1. The predicted molar refractivity (Wildman–Crippen MR) is 75.8 cm³/mol. The third-order valence-electron chi connectivity index (χ3n) is 6.07. The third-order valence-corrected chi connectivity index (χ3v) is 6.98. The molecule has 1 saturated carbocycles. The zero-order valence-corrected chi connectivity index (χ0v) is 13.9. The van der Waals surface area contributed by atoms with Crippen LogP contribution in [-0.4, -0.2) is 22.2 Å². The summed E-state index contributed by atoms with van der Waals surface area (Å²) in [5.41, 5.74) is -0.416. The van der Waals surface area contributed by atoms with Crippen molar-refractivity contribution in [2.75, 3.05) is 0 Å². The van der Waals surface area contributed by atoms with Crippen LogP contribution in [0.2, 0.25) is 0 Å². The fourth-order valence-corrected chi connectivity index (χ4v) is 5.20. The maximum atomic E-state index is 6.29. The molecule has 4 aliphatic heterocycles. The lowest BCUT2D eigenvalue weighted by atomic mass is 9.60. The molecule has 0 aromatic rings. The first kappa shape index (κ1) is 13.9. The van der Waals surface area contributed by atoms with E-state index in [9.17, 15) is 0 Å². The van der Waals surface area contributed by atoms with Gasteiger partial charge in [0.05, 0.1) is 0 Å². The summed E-state index contributed by atoms with van der Waals surface area (Å²) in [5.74, 6) is 0.575. The highest BCUT2D eigenvalue weighted by atomic mass is 79.9. The van der Waals surface area contributed by atoms with E-state index < -0.39 is 11.4 Å². The summed E-state index contributed by atoms with van der Waals surface area (Å²) in [6.45, 7) is 6.30. The number of fused-ring (bicyclic) bond motifs is 2. The molecule has 20 heavy (non-hydrogen) atoms. The third kappa shape index (κ3) is 1.67. The topological polar surface area (TPSA) is 36.9 Å². The normalized spacial score (nSPS) is 61.8. The molecule has 4 nitrogen and oxygen atoms in total. The van der Waals surface area contributed by atoms with Crippen LogP contribution in [0.15, 0.2) is 0 Å². The van der Waals surface area contributed by atoms with Gasteiger partial charge in [-0.25, -0.2) is 9.78 Å². The molecule has 0 aromatic heterocycles. The summed E-state index contributed by atoms with van der Waals surface area (Å²) in [4.78, 5) is 11.7. The van der Waals surface area contributed by atoms with Gasteiger partial charge in [-0.1, -0.05) is 29.3 Å². The Kier molecular flexibility index (Phi) is 2.92. The molecule has 0 amide bonds. The van der Waals surface area contributed by atoms with Gasteiger partial charge in [0, 0.05) is 18.3 Å². The van der Waals surface area contributed by atoms with Gasteiger partial charge in [-0.15, -0.1) is 0 Å². The quantitative estimate of drug-likeness (QED) is 0.494. The number of rotatable bonds is 0. The molecule has 5 aliphatic rings. The maximum Gasteiger partial charge on any atom is 0.201 e. The van der Waals surface area contributed by atoms with Crippen molar-refractivity contribution in [3.63, 3.8) is 0 Å². The molecule has 5 heteroatoms. The molecule has 0 N–H and O–H groups in total. The van der Waals surface area contributed by atoms with E-state index in [4.69, 9.17) is 19.2 Å². The molecule has 4 saturated heterocycles. The van der Waals surface area contributed by atoms with Crippen LogP contribution in [0.25, 0.3) is 0 Å². The lowest BCUT2D eigenvalue weighted by molar-refractivity contribution is -0.570. The fourth-order valence-electron chi connectivity index (χ4n) is 4.71. The van der Waals surface area contributed by atoms with E-state index in [1.807, 2.05) is 6.92 Å². The van der Waals surface area contributed by atoms with Gasteiger partial charge < -0.3 is 9.47 Å². The largest absolute Gasteiger partial charge is 0.332 e. The van der Waals surface area contributed by atoms with Gasteiger partial charge in [-0.3, -0.25) is 0 Å². The molecule has 1 aliphatic carbocycles. The molecule has 5 fully saturated rings. The lowest BCUT2D eigenvalue weighted by Crippen LogP contribution is -2.70. The summed E-state index contributed by atoms with van der Waals surface area (Å²) < 4.78 is 12.1. The zero-order chi connectivity index (χ0) is 14.2. The van der Waals surface area contributed by atoms with E-state index in [0.717, 1.165) is 19.3 Å². The highest BCUT2D eigenvalue weighted by Gasteiger charge is 2.69. The van der Waals surface area contributed by atoms with Crippen LogP contribution in [0.4, 0.5) is 0 Å². The second-order valence-electron chi connectivity index (χ2n) is 7.27. The molecule has 0 aromatic carbocycles. The van der Waals surface area contributed by atoms with Crippen LogP contribution in [-0.2, 0) is 19.2 Å². The number of hydrogen-bond donors (Lipinski definition) is 0. The number of halogens is 1. The van der Waals surface area contributed by atoms with Gasteiger partial charge in [-0.05, 0) is 39.0 Å². The smallest absolute Gasteiger partial charge is 0.201 e. The molecular weight excluding hydrogens is 324 g/mol. The van der Waals surface area contributed by atoms with E-state index in [-0.39, 0.29) is 10.8 Å². The van der Waals surface area contributed by atoms with Crippen molar-refractivity contribution in [3.05, 3.63) is 0 Å². The van der Waals surface area contributed by atoms with Gasteiger partial charge in [0.15, 0.2) is 11.9 Å². The van der Waals surface area contributed by atoms with E-state index in [1.165, 1.54) is 12.8 Å². The number of alkyl halides is 1. The van der Waals surface area contributed by atoms with Gasteiger partial charge in [-0.2, -0.15) is 0 Å². The fraction of sp³-hybridized carbons (Fsp3) is 1.00. The van der Waals surface area contributed by atoms with E-state index >= 15 is 0 Å². The first-order chi connectivity index (χ1) is 9.37. The van der Waals surface area contributed by atoms with Crippen LogP contribution in [0.5, 0.6) is 0 Å². The van der Waals surface area contributed by atoms with Crippen molar-refractivity contribution in [2.45, 2.75) is 75.1 Å². The second-order valence-corrected chi connectivity index (χ2v) is 8.84. The van der Waals surface area contributed by atoms with Crippen molar-refractivity contribution in [1.82, 2.24) is 0 Å². The molecule has 114 valence electrons. The van der Waals surface area contributed by atoms with Crippen LogP contribution < -0.4 is 0 Å².